The molecule has 5 nitrogen and oxygen atoms in total. The highest BCUT2D eigenvalue weighted by atomic mass is 16.2. The van der Waals surface area contributed by atoms with Crippen molar-refractivity contribution in [2.24, 2.45) is 0 Å². The van der Waals surface area contributed by atoms with Crippen LogP contribution in [-0.4, -0.2) is 47.0 Å². The van der Waals surface area contributed by atoms with Crippen molar-refractivity contribution in [3.63, 3.8) is 0 Å². The SMILES string of the molecule is CCCCC(=O)N1CCC[C@H](c2cc(N3CCCC3)nc(C)n2)C1. The molecular formula is C19H30N4O. The Bertz CT molecular complexity index is 568. The first-order valence-electron chi connectivity index (χ1n) is 9.55. The molecule has 0 aromatic carbocycles. The molecule has 0 saturated carbocycles. The van der Waals surface area contributed by atoms with Crippen molar-refractivity contribution in [1.29, 1.82) is 0 Å². The lowest BCUT2D eigenvalue weighted by atomic mass is 9.94. The van der Waals surface area contributed by atoms with E-state index in [2.05, 4.69) is 27.8 Å². The van der Waals surface area contributed by atoms with Crippen LogP contribution in [0.5, 0.6) is 0 Å². The topological polar surface area (TPSA) is 49.3 Å². The van der Waals surface area contributed by atoms with Crippen LogP contribution in [0.1, 0.15) is 69.3 Å². The van der Waals surface area contributed by atoms with Gasteiger partial charge in [0.25, 0.3) is 0 Å². The van der Waals surface area contributed by atoms with E-state index >= 15 is 0 Å². The molecule has 0 spiro atoms. The average molecular weight is 330 g/mol. The fraction of sp³-hybridized carbons (Fsp3) is 0.737. The third kappa shape index (κ3) is 4.05. The number of rotatable bonds is 5. The fourth-order valence-electron chi connectivity index (χ4n) is 3.82. The van der Waals surface area contributed by atoms with Crippen LogP contribution in [-0.2, 0) is 4.79 Å². The molecule has 2 aliphatic heterocycles. The van der Waals surface area contributed by atoms with Gasteiger partial charge in [-0.2, -0.15) is 0 Å². The normalized spacial score (nSPS) is 21.3. The van der Waals surface area contributed by atoms with E-state index in [9.17, 15) is 4.79 Å². The summed E-state index contributed by atoms with van der Waals surface area (Å²) < 4.78 is 0. The van der Waals surface area contributed by atoms with Crippen molar-refractivity contribution < 1.29 is 4.79 Å². The van der Waals surface area contributed by atoms with Gasteiger partial charge in [0.05, 0.1) is 5.69 Å². The van der Waals surface area contributed by atoms with Gasteiger partial charge in [-0.15, -0.1) is 0 Å². The molecule has 2 aliphatic rings. The molecule has 0 aliphatic carbocycles. The van der Waals surface area contributed by atoms with Crippen molar-refractivity contribution in [2.45, 2.75) is 64.7 Å². The number of nitrogens with zero attached hydrogens (tertiary/aromatic N) is 4. The van der Waals surface area contributed by atoms with E-state index in [1.165, 1.54) is 12.8 Å². The van der Waals surface area contributed by atoms with E-state index in [1.807, 2.05) is 6.92 Å². The smallest absolute Gasteiger partial charge is 0.222 e. The standard InChI is InChI=1S/C19H30N4O/c1-3-4-9-19(24)23-12-7-8-16(14-23)17-13-18(21-15(2)20-17)22-10-5-6-11-22/h13,16H,3-12,14H2,1-2H3/t16-/m0/s1. The zero-order valence-corrected chi connectivity index (χ0v) is 15.1. The van der Waals surface area contributed by atoms with Gasteiger partial charge in [0.1, 0.15) is 11.6 Å². The molecule has 132 valence electrons. The number of aryl methyl sites for hydroxylation is 1. The zero-order chi connectivity index (χ0) is 16.9. The third-order valence-electron chi connectivity index (χ3n) is 5.21. The molecular weight excluding hydrogens is 300 g/mol. The lowest BCUT2D eigenvalue weighted by molar-refractivity contribution is -0.132. The molecule has 0 radical (unpaired) electrons. The molecule has 0 bridgehead atoms. The summed E-state index contributed by atoms with van der Waals surface area (Å²) in [5, 5.41) is 0. The van der Waals surface area contributed by atoms with Gasteiger partial charge in [0.15, 0.2) is 0 Å². The predicted octanol–water partition coefficient (Wildman–Crippen LogP) is 3.28. The Kier molecular flexibility index (Phi) is 5.69. The monoisotopic (exact) mass is 330 g/mol. The van der Waals surface area contributed by atoms with E-state index in [1.54, 1.807) is 0 Å². The van der Waals surface area contributed by atoms with Crippen LogP contribution in [0.2, 0.25) is 0 Å². The molecule has 24 heavy (non-hydrogen) atoms. The maximum atomic E-state index is 12.4. The molecule has 1 aromatic heterocycles. The molecule has 5 heteroatoms. The summed E-state index contributed by atoms with van der Waals surface area (Å²) in [6, 6.07) is 2.17. The summed E-state index contributed by atoms with van der Waals surface area (Å²) in [5.41, 5.74) is 1.12. The van der Waals surface area contributed by atoms with E-state index in [0.29, 0.717) is 18.2 Å². The Morgan fingerprint density at radius 1 is 1.21 bits per heavy atom. The first-order valence-corrected chi connectivity index (χ1v) is 9.55. The first kappa shape index (κ1) is 17.2. The summed E-state index contributed by atoms with van der Waals surface area (Å²) in [7, 11) is 0. The predicted molar refractivity (Wildman–Crippen MR) is 96.3 cm³/mol. The number of unbranched alkanes of at least 4 members (excludes halogenated alkanes) is 1. The average Bonchev–Trinajstić information content (AvgIpc) is 3.14. The minimum absolute atomic E-state index is 0.312. The number of amides is 1. The van der Waals surface area contributed by atoms with Crippen LogP contribution < -0.4 is 4.90 Å². The highest BCUT2D eigenvalue weighted by Gasteiger charge is 2.26. The minimum atomic E-state index is 0.312. The molecule has 2 saturated heterocycles. The highest BCUT2D eigenvalue weighted by molar-refractivity contribution is 5.76. The number of carbonyl (C=O) groups excluding carboxylic acids is 1. The maximum absolute atomic E-state index is 12.4. The number of hydrogen-bond donors (Lipinski definition) is 0. The van der Waals surface area contributed by atoms with Gasteiger partial charge < -0.3 is 9.80 Å². The second kappa shape index (κ2) is 7.95. The van der Waals surface area contributed by atoms with Gasteiger partial charge in [-0.25, -0.2) is 9.97 Å². The number of aromatic nitrogens is 2. The van der Waals surface area contributed by atoms with Crippen molar-refractivity contribution in [1.82, 2.24) is 14.9 Å². The molecule has 1 amide bonds. The number of piperidine rings is 1. The first-order chi connectivity index (χ1) is 11.7. The molecule has 2 fully saturated rings. The maximum Gasteiger partial charge on any atom is 0.222 e. The van der Waals surface area contributed by atoms with Crippen LogP contribution in [0, 0.1) is 6.92 Å². The van der Waals surface area contributed by atoms with Gasteiger partial charge in [-0.05, 0) is 39.0 Å². The number of anilines is 1. The van der Waals surface area contributed by atoms with E-state index in [4.69, 9.17) is 4.98 Å². The number of carbonyl (C=O) groups is 1. The van der Waals surface area contributed by atoms with E-state index in [0.717, 1.165) is 69.2 Å². The van der Waals surface area contributed by atoms with E-state index < -0.39 is 0 Å². The minimum Gasteiger partial charge on any atom is -0.357 e. The Hall–Kier alpha value is -1.65. The second-order valence-electron chi connectivity index (χ2n) is 7.17. The number of hydrogen-bond acceptors (Lipinski definition) is 4. The van der Waals surface area contributed by atoms with Crippen molar-refractivity contribution in [3.8, 4) is 0 Å². The van der Waals surface area contributed by atoms with Crippen molar-refractivity contribution >= 4 is 11.7 Å². The van der Waals surface area contributed by atoms with Gasteiger partial charge in [0, 0.05) is 44.6 Å². The van der Waals surface area contributed by atoms with Crippen LogP contribution in [0.4, 0.5) is 5.82 Å². The van der Waals surface area contributed by atoms with E-state index in [-0.39, 0.29) is 0 Å². The van der Waals surface area contributed by atoms with Gasteiger partial charge >= 0.3 is 0 Å². The van der Waals surface area contributed by atoms with Crippen molar-refractivity contribution in [3.05, 3.63) is 17.6 Å². The summed E-state index contributed by atoms with van der Waals surface area (Å²) >= 11 is 0. The lowest BCUT2D eigenvalue weighted by Crippen LogP contribution is -2.39. The highest BCUT2D eigenvalue weighted by Crippen LogP contribution is 2.29. The molecule has 0 N–H and O–H groups in total. The molecule has 3 rings (SSSR count). The van der Waals surface area contributed by atoms with Crippen LogP contribution in [0.15, 0.2) is 6.07 Å². The van der Waals surface area contributed by atoms with Crippen LogP contribution >= 0.6 is 0 Å². The Balaban J connectivity index is 1.72. The Morgan fingerprint density at radius 2 is 2.00 bits per heavy atom. The molecule has 1 atom stereocenters. The fourth-order valence-corrected chi connectivity index (χ4v) is 3.82. The summed E-state index contributed by atoms with van der Waals surface area (Å²) in [5.74, 6) is 2.59. The summed E-state index contributed by atoms with van der Waals surface area (Å²) in [6.07, 6.45) is 7.45. The van der Waals surface area contributed by atoms with Crippen molar-refractivity contribution in [2.75, 3.05) is 31.1 Å². The Labute approximate surface area is 145 Å². The zero-order valence-electron chi connectivity index (χ0n) is 15.1. The largest absolute Gasteiger partial charge is 0.357 e. The van der Waals surface area contributed by atoms with Gasteiger partial charge in [-0.3, -0.25) is 4.79 Å². The second-order valence-corrected chi connectivity index (χ2v) is 7.17. The molecule has 0 unspecified atom stereocenters. The lowest BCUT2D eigenvalue weighted by Gasteiger charge is -2.33. The molecule has 1 aromatic rings. The Morgan fingerprint density at radius 3 is 2.75 bits per heavy atom. The quantitative estimate of drug-likeness (QED) is 0.831. The molecule has 3 heterocycles. The third-order valence-corrected chi connectivity index (χ3v) is 5.21. The number of likely N-dealkylation sites (tertiary alicyclic amines) is 1. The van der Waals surface area contributed by atoms with Crippen LogP contribution in [0.3, 0.4) is 0 Å². The summed E-state index contributed by atoms with van der Waals surface area (Å²) in [6.45, 7) is 8.04. The van der Waals surface area contributed by atoms with Gasteiger partial charge in [0.2, 0.25) is 5.91 Å². The van der Waals surface area contributed by atoms with Crippen LogP contribution in [0.25, 0.3) is 0 Å². The summed E-state index contributed by atoms with van der Waals surface area (Å²) in [4.78, 5) is 26.1. The van der Waals surface area contributed by atoms with Gasteiger partial charge in [-0.1, -0.05) is 13.3 Å².